The molecule has 5 heterocycles. The lowest BCUT2D eigenvalue weighted by atomic mass is 10.1. The number of aromatic nitrogens is 9. The highest BCUT2D eigenvalue weighted by Gasteiger charge is 2.50. The smallest absolute Gasteiger partial charge is 0.490 e. The van der Waals surface area contributed by atoms with E-state index in [0.29, 0.717) is 12.8 Å². The van der Waals surface area contributed by atoms with Gasteiger partial charge in [0.1, 0.15) is 24.6 Å². The van der Waals surface area contributed by atoms with E-state index in [1.165, 1.54) is 48.6 Å². The lowest BCUT2D eigenvalue weighted by Crippen LogP contribution is -2.33. The molecule has 2 aliphatic carbocycles. The number of carbonyl (C=O) groups is 1. The molecule has 1 saturated heterocycles. The van der Waals surface area contributed by atoms with E-state index in [4.69, 9.17) is 22.8 Å². The summed E-state index contributed by atoms with van der Waals surface area (Å²) < 4.78 is 158. The van der Waals surface area contributed by atoms with E-state index in [1.807, 2.05) is 4.98 Å². The van der Waals surface area contributed by atoms with Crippen molar-refractivity contribution in [3.8, 4) is 0 Å². The normalized spacial score (nSPS) is 25.9. The van der Waals surface area contributed by atoms with Crippen LogP contribution in [0.25, 0.3) is 0 Å². The number of aliphatic hydroxyl groups excluding tert-OH is 2. The number of rotatable bonds is 39. The standard InChI is InChI=1S/C45H72N10O37P8/c1-26-18-53(43(62)47-40(26)59)32-13-29(34(56)15-32)22-83-94(67,68)87-36-16-33(54-19-27(2)41(60)48-44(54)63)14-30(36)23-82-93(65,66)84-24-31-21-52(51-50-31)11-8-9-38(58)46-10-6-4-5-7-12-81-95(69,70)88-97(73,74)90-99(77,78)92-100(79,80)91-98(75,76)89-96(71,72)85-25-37-35(57)17-39(86-37)55-20-28(3)42(61)49-45(55)64/h18-21,29-30,32-37,39,56-57H,4-17,22-25H2,1-3H3,(H,46,58)(H,65,66)(H,67,68)(H,69,70)(H,71,72)(H,73,74)(H,75,76)(H,77,78)(H,79,80)(H,47,59,62)(H,48,60,63)(H,49,61,64)/p-2/t29-,30-,32-,33-,34?,35+,36?,37+,39+/m1/s1. The predicted octanol–water partition coefficient (Wildman–Crippen LogP) is -0.187. The molecular formula is C45H70N10O37P8-2. The van der Waals surface area contributed by atoms with Gasteiger partial charge in [-0.3, -0.25) is 70.7 Å². The maximum absolute atomic E-state index is 13.3. The van der Waals surface area contributed by atoms with E-state index in [1.54, 1.807) is 0 Å². The van der Waals surface area contributed by atoms with Crippen LogP contribution in [0.5, 0.6) is 0 Å². The van der Waals surface area contributed by atoms with E-state index >= 15 is 0 Å². The quantitative estimate of drug-likeness (QED) is 0.0203. The van der Waals surface area contributed by atoms with Crippen LogP contribution in [0.1, 0.15) is 111 Å². The Labute approximate surface area is 561 Å². The molecule has 10 unspecified atom stereocenters. The second kappa shape index (κ2) is 34.2. The Bertz CT molecular complexity index is 4360. The molecule has 4 aromatic rings. The van der Waals surface area contributed by atoms with Crippen molar-refractivity contribution in [2.24, 2.45) is 11.8 Å². The lowest BCUT2D eigenvalue weighted by Gasteiger charge is -2.31. The minimum atomic E-state index is -6.57. The average Bonchev–Trinajstić information content (AvgIpc) is 1.54. The van der Waals surface area contributed by atoms with Gasteiger partial charge in [0, 0.05) is 85.1 Å². The fourth-order valence-electron chi connectivity index (χ4n) is 10.3. The molecule has 3 fully saturated rings. The van der Waals surface area contributed by atoms with Crippen molar-refractivity contribution in [1.82, 2.24) is 49.0 Å². The first-order chi connectivity index (χ1) is 46.3. The number of H-pyrrole nitrogens is 3. The van der Waals surface area contributed by atoms with Gasteiger partial charge in [-0.25, -0.2) is 41.8 Å². The van der Waals surface area contributed by atoms with E-state index in [2.05, 4.69) is 56.2 Å². The van der Waals surface area contributed by atoms with Crippen LogP contribution in [0, 0.1) is 32.6 Å². The van der Waals surface area contributed by atoms with Crippen molar-refractivity contribution in [2.45, 2.75) is 147 Å². The van der Waals surface area contributed by atoms with Gasteiger partial charge in [-0.1, -0.05) is 18.1 Å². The zero-order valence-electron chi connectivity index (χ0n) is 52.4. The van der Waals surface area contributed by atoms with Crippen LogP contribution in [0.2, 0.25) is 0 Å². The van der Waals surface area contributed by atoms with E-state index in [9.17, 15) is 119 Å². The number of nitrogens with zero attached hydrogens (tertiary/aromatic N) is 6. The zero-order valence-corrected chi connectivity index (χ0v) is 59.6. The van der Waals surface area contributed by atoms with Gasteiger partial charge in [0.05, 0.1) is 50.9 Å². The number of aromatic amines is 3. The van der Waals surface area contributed by atoms with Crippen molar-refractivity contribution >= 4 is 68.5 Å². The predicted molar refractivity (Wildman–Crippen MR) is 326 cm³/mol. The largest absolute Gasteiger partial charge is 0.756 e. The monoisotopic (exact) mass is 1590 g/mol. The van der Waals surface area contributed by atoms with Crippen molar-refractivity contribution < 1.29 is 144 Å². The minimum Gasteiger partial charge on any atom is -0.756 e. The Kier molecular flexibility index (Phi) is 28.4. The van der Waals surface area contributed by atoms with Gasteiger partial charge in [0.25, 0.3) is 32.3 Å². The zero-order chi connectivity index (χ0) is 74.1. The van der Waals surface area contributed by atoms with Crippen LogP contribution in [0.3, 0.4) is 0 Å². The molecule has 12 N–H and O–H groups in total. The van der Waals surface area contributed by atoms with Crippen LogP contribution in [-0.4, -0.2) is 147 Å². The summed E-state index contributed by atoms with van der Waals surface area (Å²) in [5.74, 6) is -2.26. The molecule has 2 saturated carbocycles. The number of nitrogens with one attached hydrogen (secondary N) is 4. The molecule has 17 atom stereocenters. The number of ether oxygens (including phenoxy) is 1. The summed E-state index contributed by atoms with van der Waals surface area (Å²) in [7, 11) is -47.9. The highest BCUT2D eigenvalue weighted by molar-refractivity contribution is 7.72. The maximum Gasteiger partial charge on any atom is 0.490 e. The molecule has 55 heteroatoms. The Balaban J connectivity index is 0.756. The molecule has 4 aromatic heterocycles. The number of hydrogen-bond acceptors (Lipinski definition) is 33. The van der Waals surface area contributed by atoms with Crippen LogP contribution in [0.15, 0.2) is 53.6 Å². The Hall–Kier alpha value is -4.39. The van der Waals surface area contributed by atoms with Crippen LogP contribution < -0.4 is 48.9 Å². The number of unbranched alkanes of at least 4 members (excludes halogenated alkanes) is 3. The molecule has 0 spiro atoms. The van der Waals surface area contributed by atoms with Gasteiger partial charge >= 0.3 is 64.0 Å². The third kappa shape index (κ3) is 25.5. The SMILES string of the molecule is Cc1cn([C@H]2CC(O)[C@@H](COP(=O)([O-])OC3C[C@H](n4cc(C)c(=O)[nH]c4=O)C[C@@H]3COP(=O)([O-])OCc3cn(CCCC(=O)NCCCCCCOP(=O)(O)OP(=O)(O)OP(=O)(O)OP(=O)(O)OP(=O)(O)OP(=O)(O)OC[C@@H]4O[C@H](n5cc(C)c(=O)[nH]c5=O)C[C@@H]4O)nn3)C2)c(=O)[nH]c1=O. The molecule has 47 nitrogen and oxygen atoms in total. The van der Waals surface area contributed by atoms with Crippen molar-refractivity contribution in [3.63, 3.8) is 0 Å². The Morgan fingerprint density at radius 1 is 0.560 bits per heavy atom. The molecule has 3 aliphatic rings. The molecule has 0 radical (unpaired) electrons. The second-order valence-corrected chi connectivity index (χ2v) is 35.0. The van der Waals surface area contributed by atoms with Gasteiger partial charge < -0.3 is 77.5 Å². The van der Waals surface area contributed by atoms with E-state index < -0.39 is 190 Å². The van der Waals surface area contributed by atoms with Crippen LogP contribution >= 0.6 is 62.6 Å². The fourth-order valence-corrected chi connectivity index (χ4v) is 19.9. The first-order valence-corrected chi connectivity index (χ1v) is 41.4. The van der Waals surface area contributed by atoms with Gasteiger partial charge in [0.15, 0.2) is 0 Å². The Morgan fingerprint density at radius 2 is 1.04 bits per heavy atom. The molecule has 1 aliphatic heterocycles. The van der Waals surface area contributed by atoms with Crippen molar-refractivity contribution in [1.29, 1.82) is 0 Å². The summed E-state index contributed by atoms with van der Waals surface area (Å²) in [6, 6.07) is -1.46. The summed E-state index contributed by atoms with van der Waals surface area (Å²) >= 11 is 0. The maximum atomic E-state index is 13.3. The van der Waals surface area contributed by atoms with Gasteiger partial charge in [0.2, 0.25) is 5.91 Å². The van der Waals surface area contributed by atoms with Crippen LogP contribution in [-0.2, 0) is 108 Å². The number of amides is 1. The van der Waals surface area contributed by atoms with Gasteiger partial charge in [-0.15, -0.1) is 5.10 Å². The van der Waals surface area contributed by atoms with Crippen molar-refractivity contribution in [3.05, 3.63) is 110 Å². The summed E-state index contributed by atoms with van der Waals surface area (Å²) in [5, 5.41) is 31.4. The third-order valence-corrected chi connectivity index (χ3v) is 26.1. The first kappa shape index (κ1) is 82.9. The number of phosphoric ester groups is 4. The molecule has 1 amide bonds. The summed E-state index contributed by atoms with van der Waals surface area (Å²) in [6.07, 6.45) is -1.33. The number of aliphatic hydroxyl groups is 2. The number of phosphoric acid groups is 8. The lowest BCUT2D eigenvalue weighted by molar-refractivity contribution is -0.234. The molecule has 564 valence electrons. The molecule has 0 bridgehead atoms. The molecular weight excluding hydrogens is 1520 g/mol. The van der Waals surface area contributed by atoms with Crippen molar-refractivity contribution in [2.75, 3.05) is 33.0 Å². The highest BCUT2D eigenvalue weighted by Crippen LogP contribution is 2.75. The number of hydrogen-bond donors (Lipinski definition) is 12. The number of carbonyl (C=O) groups excluding carboxylic acids is 1. The second-order valence-electron chi connectivity index (χ2n) is 22.8. The fraction of sp³-hybridized carbons (Fsp3) is 0.667. The third-order valence-electron chi connectivity index (χ3n) is 15.0. The Morgan fingerprint density at radius 3 is 1.61 bits per heavy atom. The number of aryl methyl sites for hydroxylation is 4. The summed E-state index contributed by atoms with van der Waals surface area (Å²) in [4.78, 5) is 177. The van der Waals surface area contributed by atoms with Gasteiger partial charge in [-0.2, -0.15) is 21.6 Å². The topological polar surface area (TPSA) is 680 Å². The molecule has 0 aromatic carbocycles. The first-order valence-electron chi connectivity index (χ1n) is 29.5. The molecule has 7 rings (SSSR count). The van der Waals surface area contributed by atoms with Gasteiger partial charge in [-0.05, 0) is 65.7 Å². The van der Waals surface area contributed by atoms with E-state index in [0.717, 1.165) is 15.3 Å². The van der Waals surface area contributed by atoms with Crippen LogP contribution in [0.4, 0.5) is 0 Å². The minimum absolute atomic E-state index is 0.00848. The highest BCUT2D eigenvalue weighted by atomic mass is 31.3. The van der Waals surface area contributed by atoms with E-state index in [-0.39, 0.29) is 93.3 Å². The summed E-state index contributed by atoms with van der Waals surface area (Å²) in [6.45, 7) is 0.711. The summed E-state index contributed by atoms with van der Waals surface area (Å²) in [5.41, 5.74) is -4.08. The molecule has 100 heavy (non-hydrogen) atoms. The average molecular weight is 1590 g/mol.